The molecule has 0 saturated carbocycles. The fraction of sp³-hybridized carbons (Fsp3) is 0.333. The molecule has 1 aromatic rings. The van der Waals surface area contributed by atoms with Crippen molar-refractivity contribution >= 4 is 17.4 Å². The van der Waals surface area contributed by atoms with Gasteiger partial charge in [-0.1, -0.05) is 0 Å². The third-order valence-corrected chi connectivity index (χ3v) is 2.90. The molecule has 3 nitrogen and oxygen atoms in total. The predicted molar refractivity (Wildman–Crippen MR) is 50.2 cm³/mol. The van der Waals surface area contributed by atoms with Crippen molar-refractivity contribution in [1.29, 1.82) is 5.26 Å². The molecule has 0 bridgehead atoms. The fourth-order valence-electron chi connectivity index (χ4n) is 0.885. The Morgan fingerprint density at radius 2 is 2.31 bits per heavy atom. The lowest BCUT2D eigenvalue weighted by atomic mass is 10.0. The van der Waals surface area contributed by atoms with Gasteiger partial charge in [0, 0.05) is 10.3 Å². The fourth-order valence-corrected chi connectivity index (χ4v) is 1.79. The number of nitrogens with zero attached hydrogens (tertiary/aromatic N) is 2. The van der Waals surface area contributed by atoms with Crippen LogP contribution in [0, 0.1) is 11.3 Å². The van der Waals surface area contributed by atoms with Crippen LogP contribution < -0.4 is 0 Å². The molecule has 0 aliphatic carbocycles. The van der Waals surface area contributed by atoms with Gasteiger partial charge in [0.1, 0.15) is 11.6 Å². The summed E-state index contributed by atoms with van der Waals surface area (Å²) in [5, 5.41) is 10.3. The Labute approximate surface area is 80.3 Å². The quantitative estimate of drug-likeness (QED) is 0.532. The van der Waals surface area contributed by atoms with Crippen molar-refractivity contribution in [2.45, 2.75) is 19.4 Å². The smallest absolute Gasteiger partial charge is 0.211 e. The molecule has 0 aromatic carbocycles. The van der Waals surface area contributed by atoms with Crippen molar-refractivity contribution in [3.63, 3.8) is 0 Å². The van der Waals surface area contributed by atoms with Gasteiger partial charge in [0.05, 0.1) is 5.56 Å². The van der Waals surface area contributed by atoms with Crippen LogP contribution in [0.1, 0.15) is 24.3 Å². The summed E-state index contributed by atoms with van der Waals surface area (Å²) >= 11 is 1.43. The number of isocyanates is 1. The van der Waals surface area contributed by atoms with Crippen LogP contribution in [0.5, 0.6) is 0 Å². The van der Waals surface area contributed by atoms with Crippen LogP contribution >= 0.6 is 11.3 Å². The van der Waals surface area contributed by atoms with Crippen molar-refractivity contribution in [3.05, 3.63) is 21.9 Å². The van der Waals surface area contributed by atoms with Crippen LogP contribution in [0.15, 0.2) is 16.4 Å². The lowest BCUT2D eigenvalue weighted by Gasteiger charge is -2.13. The van der Waals surface area contributed by atoms with Crippen molar-refractivity contribution in [1.82, 2.24) is 0 Å². The number of hydrogen-bond donors (Lipinski definition) is 0. The number of carbonyl (C=O) groups excluding carboxylic acids is 1. The Morgan fingerprint density at radius 1 is 1.62 bits per heavy atom. The third-order valence-electron chi connectivity index (χ3n) is 1.66. The predicted octanol–water partition coefficient (Wildman–Crippen LogP) is 2.19. The summed E-state index contributed by atoms with van der Waals surface area (Å²) in [6, 6.07) is 3.77. The minimum Gasteiger partial charge on any atom is -0.211 e. The van der Waals surface area contributed by atoms with E-state index in [-0.39, 0.29) is 0 Å². The molecule has 13 heavy (non-hydrogen) atoms. The number of hydrogen-bond acceptors (Lipinski definition) is 4. The molecule has 4 heteroatoms. The normalized spacial score (nSPS) is 10.2. The van der Waals surface area contributed by atoms with E-state index in [4.69, 9.17) is 5.26 Å². The van der Waals surface area contributed by atoms with Gasteiger partial charge in [-0.25, -0.2) is 4.79 Å². The molecule has 0 spiro atoms. The lowest BCUT2D eigenvalue weighted by Crippen LogP contribution is -2.10. The molecular weight excluding hydrogens is 184 g/mol. The van der Waals surface area contributed by atoms with Crippen LogP contribution in [0.4, 0.5) is 0 Å². The second-order valence-electron chi connectivity index (χ2n) is 3.07. The average Bonchev–Trinajstić information content (AvgIpc) is 2.52. The molecule has 0 saturated heterocycles. The number of thiophene rings is 1. The van der Waals surface area contributed by atoms with Gasteiger partial charge in [-0.05, 0) is 19.9 Å². The average molecular weight is 192 g/mol. The minimum atomic E-state index is -0.568. The van der Waals surface area contributed by atoms with Crippen LogP contribution in [0.25, 0.3) is 0 Å². The Kier molecular flexibility index (Phi) is 2.62. The van der Waals surface area contributed by atoms with E-state index in [1.165, 1.54) is 17.4 Å². The SMILES string of the molecule is CC(C)(N=C=O)c1cc(C#N)cs1. The maximum Gasteiger partial charge on any atom is 0.235 e. The van der Waals surface area contributed by atoms with E-state index >= 15 is 0 Å². The van der Waals surface area contributed by atoms with Crippen molar-refractivity contribution < 1.29 is 4.79 Å². The van der Waals surface area contributed by atoms with Gasteiger partial charge in [-0.15, -0.1) is 11.3 Å². The van der Waals surface area contributed by atoms with Gasteiger partial charge < -0.3 is 0 Å². The summed E-state index contributed by atoms with van der Waals surface area (Å²) in [4.78, 5) is 14.7. The Hall–Kier alpha value is -1.43. The minimum absolute atomic E-state index is 0.568. The van der Waals surface area contributed by atoms with Crippen LogP contribution in [-0.4, -0.2) is 6.08 Å². The third kappa shape index (κ3) is 2.03. The molecule has 0 amide bonds. The number of rotatable bonds is 2. The van der Waals surface area contributed by atoms with E-state index in [0.29, 0.717) is 5.56 Å². The van der Waals surface area contributed by atoms with Crippen LogP contribution in [-0.2, 0) is 10.3 Å². The Morgan fingerprint density at radius 3 is 2.77 bits per heavy atom. The second-order valence-corrected chi connectivity index (χ2v) is 3.98. The highest BCUT2D eigenvalue weighted by Crippen LogP contribution is 2.29. The highest BCUT2D eigenvalue weighted by atomic mass is 32.1. The van der Waals surface area contributed by atoms with E-state index in [0.717, 1.165) is 4.88 Å². The second kappa shape index (κ2) is 3.53. The Bertz CT molecular complexity index is 394. The summed E-state index contributed by atoms with van der Waals surface area (Å²) in [5.74, 6) is 0. The monoisotopic (exact) mass is 192 g/mol. The van der Waals surface area contributed by atoms with E-state index in [1.807, 2.05) is 19.9 Å². The molecule has 0 radical (unpaired) electrons. The van der Waals surface area contributed by atoms with Gasteiger partial charge in [-0.3, -0.25) is 0 Å². The first-order valence-corrected chi connectivity index (χ1v) is 4.56. The molecule has 0 unspecified atom stereocenters. The first-order chi connectivity index (χ1) is 6.10. The van der Waals surface area contributed by atoms with E-state index in [2.05, 4.69) is 4.99 Å². The lowest BCUT2D eigenvalue weighted by molar-refractivity contribution is 0.528. The van der Waals surface area contributed by atoms with Gasteiger partial charge in [-0.2, -0.15) is 10.3 Å². The van der Waals surface area contributed by atoms with E-state index < -0.39 is 5.54 Å². The highest BCUT2D eigenvalue weighted by Gasteiger charge is 2.21. The molecule has 66 valence electrons. The largest absolute Gasteiger partial charge is 0.235 e. The summed E-state index contributed by atoms with van der Waals surface area (Å²) in [6.07, 6.45) is 1.53. The van der Waals surface area contributed by atoms with Crippen LogP contribution in [0.3, 0.4) is 0 Å². The van der Waals surface area contributed by atoms with Gasteiger partial charge in [0.25, 0.3) is 0 Å². The number of nitriles is 1. The zero-order valence-corrected chi connectivity index (χ0v) is 8.18. The van der Waals surface area contributed by atoms with Crippen molar-refractivity contribution in [3.8, 4) is 6.07 Å². The highest BCUT2D eigenvalue weighted by molar-refractivity contribution is 7.10. The summed E-state index contributed by atoms with van der Waals surface area (Å²) < 4.78 is 0. The molecular formula is C9H8N2OS. The molecule has 0 fully saturated rings. The molecule has 0 aliphatic rings. The standard InChI is InChI=1S/C9H8N2OS/c1-9(2,11-6-12)8-3-7(4-10)5-13-8/h3,5H,1-2H3. The molecule has 1 heterocycles. The first kappa shape index (κ1) is 9.66. The first-order valence-electron chi connectivity index (χ1n) is 3.68. The molecule has 0 N–H and O–H groups in total. The molecule has 1 aromatic heterocycles. The topological polar surface area (TPSA) is 53.2 Å². The summed E-state index contributed by atoms with van der Waals surface area (Å²) in [6.45, 7) is 3.62. The van der Waals surface area contributed by atoms with Crippen molar-refractivity contribution in [2.75, 3.05) is 0 Å². The van der Waals surface area contributed by atoms with Crippen molar-refractivity contribution in [2.24, 2.45) is 4.99 Å². The zero-order chi connectivity index (χ0) is 9.90. The maximum atomic E-state index is 10.1. The molecule has 0 aliphatic heterocycles. The summed E-state index contributed by atoms with van der Waals surface area (Å²) in [7, 11) is 0. The van der Waals surface area contributed by atoms with Gasteiger partial charge in [0.15, 0.2) is 0 Å². The van der Waals surface area contributed by atoms with Gasteiger partial charge in [0.2, 0.25) is 6.08 Å². The maximum absolute atomic E-state index is 10.1. The van der Waals surface area contributed by atoms with Gasteiger partial charge >= 0.3 is 0 Å². The molecule has 1 rings (SSSR count). The Balaban J connectivity index is 3.08. The van der Waals surface area contributed by atoms with E-state index in [9.17, 15) is 4.79 Å². The van der Waals surface area contributed by atoms with Crippen LogP contribution in [0.2, 0.25) is 0 Å². The van der Waals surface area contributed by atoms with E-state index in [1.54, 1.807) is 11.4 Å². The zero-order valence-electron chi connectivity index (χ0n) is 7.37. The summed E-state index contributed by atoms with van der Waals surface area (Å²) in [5.41, 5.74) is 0.0378. The number of aliphatic imine (C=N–C) groups is 1. The molecule has 0 atom stereocenters.